The lowest BCUT2D eigenvalue weighted by Gasteiger charge is -1.98. The van der Waals surface area contributed by atoms with Crippen LogP contribution in [0.1, 0.15) is 0 Å². The number of rotatable bonds is 0. The zero-order valence-electron chi connectivity index (χ0n) is 10.4. The van der Waals surface area contributed by atoms with Gasteiger partial charge in [-0.2, -0.15) is 15.8 Å². The van der Waals surface area contributed by atoms with Gasteiger partial charge in [-0.05, 0) is 22.9 Å². The lowest BCUT2D eigenvalue weighted by Crippen LogP contribution is -2.06. The number of benzene rings is 2. The van der Waals surface area contributed by atoms with E-state index >= 15 is 0 Å². The molecule has 0 radical (unpaired) electrons. The highest BCUT2D eigenvalue weighted by Crippen LogP contribution is 2.08. The van der Waals surface area contributed by atoms with Crippen LogP contribution in [0.3, 0.4) is 0 Å². The van der Waals surface area contributed by atoms with Gasteiger partial charge in [-0.1, -0.05) is 30.2 Å². The maximum atomic E-state index is 8.93. The van der Waals surface area contributed by atoms with Gasteiger partial charge in [0.2, 0.25) is 0 Å². The predicted molar refractivity (Wildman–Crippen MR) is 75.7 cm³/mol. The van der Waals surface area contributed by atoms with Crippen molar-refractivity contribution in [2.75, 3.05) is 0 Å². The van der Waals surface area contributed by atoms with Crippen LogP contribution >= 0.6 is 0 Å². The Morgan fingerprint density at radius 3 is 1.60 bits per heavy atom. The molecule has 0 aliphatic carbocycles. The first kappa shape index (κ1) is 12.9. The third kappa shape index (κ3) is 2.21. The van der Waals surface area contributed by atoms with Gasteiger partial charge in [-0.15, -0.1) is 6.42 Å². The summed E-state index contributed by atoms with van der Waals surface area (Å²) in [4.78, 5) is 0. The summed E-state index contributed by atoms with van der Waals surface area (Å²) in [5.41, 5.74) is 0.348. The molecule has 90 valence electrons. The highest BCUT2D eigenvalue weighted by Gasteiger charge is 1.99. The number of hydrogen-bond acceptors (Lipinski definition) is 3. The van der Waals surface area contributed by atoms with Crippen LogP contribution in [0.25, 0.3) is 21.9 Å². The van der Waals surface area contributed by atoms with E-state index in [2.05, 4.69) is 5.92 Å². The van der Waals surface area contributed by atoms with Gasteiger partial charge in [0.25, 0.3) is 0 Å². The van der Waals surface area contributed by atoms with Crippen LogP contribution in [0.15, 0.2) is 36.4 Å². The molecule has 0 aliphatic heterocycles. The minimum Gasteiger partial charge on any atom is -0.192 e. The van der Waals surface area contributed by atoms with Gasteiger partial charge >= 0.3 is 0 Å². The van der Waals surface area contributed by atoms with Crippen LogP contribution in [0.5, 0.6) is 0 Å². The minimum absolute atomic E-state index is 0.0730. The second kappa shape index (κ2) is 5.41. The van der Waals surface area contributed by atoms with Gasteiger partial charge in [0, 0.05) is 10.4 Å². The Balaban J connectivity index is 2.84. The molecule has 0 fully saturated rings. The quantitative estimate of drug-likeness (QED) is 0.665. The molecule has 0 aromatic heterocycles. The van der Waals surface area contributed by atoms with Gasteiger partial charge in [0.05, 0.1) is 0 Å². The minimum atomic E-state index is 0.0730. The maximum Gasteiger partial charge on any atom is 0.136 e. The number of nitrogens with zero attached hydrogens (tertiary/aromatic N) is 3. The van der Waals surface area contributed by atoms with Crippen LogP contribution in [0.4, 0.5) is 0 Å². The Kier molecular flexibility index (Phi) is 3.49. The molecule has 2 aromatic rings. The average Bonchev–Trinajstić information content (AvgIpc) is 2.49. The van der Waals surface area contributed by atoms with Gasteiger partial charge in [0.1, 0.15) is 29.4 Å². The Hall–Kier alpha value is -3.53. The van der Waals surface area contributed by atoms with Gasteiger partial charge in [-0.3, -0.25) is 0 Å². The van der Waals surface area contributed by atoms with Crippen molar-refractivity contribution in [1.29, 1.82) is 15.8 Å². The summed E-state index contributed by atoms with van der Waals surface area (Å²) >= 11 is 0. The molecule has 3 nitrogen and oxygen atoms in total. The zero-order valence-corrected chi connectivity index (χ0v) is 10.4. The van der Waals surface area contributed by atoms with E-state index in [9.17, 15) is 0 Å². The topological polar surface area (TPSA) is 71.4 Å². The molecule has 0 spiro atoms. The van der Waals surface area contributed by atoms with Gasteiger partial charge in [-0.25, -0.2) is 0 Å². The summed E-state index contributed by atoms with van der Waals surface area (Å²) in [6.45, 7) is 0. The number of fused-ring (bicyclic) bond motifs is 1. The van der Waals surface area contributed by atoms with E-state index in [4.69, 9.17) is 22.2 Å². The van der Waals surface area contributed by atoms with Crippen molar-refractivity contribution in [3.8, 4) is 30.6 Å². The molecule has 0 saturated carbocycles. The molecule has 0 aliphatic rings. The standard InChI is InChI=1S/C17H7N3/c1-2-12(9-18)13-3-4-15-8-16(17(10-19)11-20)6-5-14(15)7-13/h1,3-8H. The van der Waals surface area contributed by atoms with Crippen molar-refractivity contribution in [3.05, 3.63) is 46.8 Å². The third-order valence-corrected chi connectivity index (χ3v) is 2.90. The first-order valence-corrected chi connectivity index (χ1v) is 5.69. The maximum absolute atomic E-state index is 8.93. The van der Waals surface area contributed by atoms with Crippen LogP contribution in [0.2, 0.25) is 0 Å². The van der Waals surface area contributed by atoms with Gasteiger partial charge < -0.3 is 0 Å². The van der Waals surface area contributed by atoms with Crippen LogP contribution < -0.4 is 10.4 Å². The van der Waals surface area contributed by atoms with Crippen molar-refractivity contribution in [2.24, 2.45) is 0 Å². The zero-order chi connectivity index (χ0) is 14.5. The van der Waals surface area contributed by atoms with E-state index in [1.165, 1.54) is 0 Å². The van der Waals surface area contributed by atoms with E-state index in [1.54, 1.807) is 24.3 Å². The second-order valence-corrected chi connectivity index (χ2v) is 4.01. The number of nitriles is 3. The monoisotopic (exact) mass is 253 g/mol. The predicted octanol–water partition coefficient (Wildman–Crippen LogP) is 1.35. The summed E-state index contributed by atoms with van der Waals surface area (Å²) in [7, 11) is 0. The van der Waals surface area contributed by atoms with Crippen LogP contribution in [-0.2, 0) is 0 Å². The highest BCUT2D eigenvalue weighted by molar-refractivity contribution is 5.86. The average molecular weight is 253 g/mol. The fraction of sp³-hybridized carbons (Fsp3) is 0. The summed E-state index contributed by atoms with van der Waals surface area (Å²) in [5.74, 6) is 2.35. The van der Waals surface area contributed by atoms with E-state index in [0.29, 0.717) is 10.4 Å². The first-order valence-electron chi connectivity index (χ1n) is 5.69. The summed E-state index contributed by atoms with van der Waals surface area (Å²) in [6, 6.07) is 16.3. The van der Waals surface area contributed by atoms with Crippen molar-refractivity contribution in [2.45, 2.75) is 0 Å². The molecule has 0 N–H and O–H groups in total. The van der Waals surface area contributed by atoms with Crippen molar-refractivity contribution in [3.63, 3.8) is 0 Å². The van der Waals surface area contributed by atoms with E-state index < -0.39 is 0 Å². The second-order valence-electron chi connectivity index (χ2n) is 4.01. The fourth-order valence-corrected chi connectivity index (χ4v) is 1.89. The number of hydrogen-bond donors (Lipinski definition) is 0. The number of terminal acetylenes is 1. The smallest absolute Gasteiger partial charge is 0.136 e. The van der Waals surface area contributed by atoms with Crippen LogP contribution in [-0.4, -0.2) is 0 Å². The van der Waals surface area contributed by atoms with E-state index in [0.717, 1.165) is 10.8 Å². The Bertz CT molecular complexity index is 869. The summed E-state index contributed by atoms with van der Waals surface area (Å²) < 4.78 is 0. The third-order valence-electron chi connectivity index (χ3n) is 2.90. The van der Waals surface area contributed by atoms with E-state index in [1.807, 2.05) is 30.3 Å². The molecule has 2 aromatic carbocycles. The first-order chi connectivity index (χ1) is 9.73. The molecule has 0 atom stereocenters. The van der Waals surface area contributed by atoms with Gasteiger partial charge in [0.15, 0.2) is 0 Å². The highest BCUT2D eigenvalue weighted by atomic mass is 14.3. The molecule has 0 saturated heterocycles. The Morgan fingerprint density at radius 2 is 1.20 bits per heavy atom. The van der Waals surface area contributed by atoms with Crippen molar-refractivity contribution >= 4 is 21.9 Å². The molecular formula is C17H7N3. The fourth-order valence-electron chi connectivity index (χ4n) is 1.89. The lowest BCUT2D eigenvalue weighted by molar-refractivity contribution is 1.49. The summed E-state index contributed by atoms with van der Waals surface area (Å²) in [6.07, 6.45) is 5.27. The molecule has 0 unspecified atom stereocenters. The summed E-state index contributed by atoms with van der Waals surface area (Å²) in [5, 5.41) is 29.7. The normalized spacial score (nSPS) is 10.6. The molecular weight excluding hydrogens is 246 g/mol. The molecule has 0 amide bonds. The van der Waals surface area contributed by atoms with Crippen molar-refractivity contribution < 1.29 is 0 Å². The van der Waals surface area contributed by atoms with Crippen molar-refractivity contribution in [1.82, 2.24) is 0 Å². The SMILES string of the molecule is C#CC(C#N)=c1ccc2cc(=C(C#N)C#N)ccc2c1. The van der Waals surface area contributed by atoms with E-state index in [-0.39, 0.29) is 11.1 Å². The van der Waals surface area contributed by atoms with Crippen LogP contribution in [0, 0.1) is 46.3 Å². The molecule has 0 bridgehead atoms. The molecule has 0 heterocycles. The Labute approximate surface area is 115 Å². The molecule has 2 rings (SSSR count). The molecule has 3 heteroatoms. The Morgan fingerprint density at radius 1 is 0.750 bits per heavy atom. The lowest BCUT2D eigenvalue weighted by atomic mass is 10.0. The molecule has 20 heavy (non-hydrogen) atoms. The largest absolute Gasteiger partial charge is 0.192 e.